The highest BCUT2D eigenvalue weighted by Crippen LogP contribution is 2.36. The second-order valence-corrected chi connectivity index (χ2v) is 3.97. The molecular weight excluding hydrogens is 219 g/mol. The summed E-state index contributed by atoms with van der Waals surface area (Å²) in [4.78, 5) is 6.97. The minimum absolute atomic E-state index is 0.263. The summed E-state index contributed by atoms with van der Waals surface area (Å²) in [5, 5.41) is 0. The number of hydrogen-bond donors (Lipinski definition) is 1. The van der Waals surface area contributed by atoms with Crippen LogP contribution in [-0.2, 0) is 6.42 Å². The number of halogens is 1. The lowest BCUT2D eigenvalue weighted by molar-refractivity contribution is 0.356. The zero-order valence-corrected chi connectivity index (χ0v) is 9.16. The highest BCUT2D eigenvalue weighted by Gasteiger charge is 2.20. The number of imidazole rings is 1. The van der Waals surface area contributed by atoms with Crippen molar-refractivity contribution in [3.05, 3.63) is 53.9 Å². The molecule has 17 heavy (non-hydrogen) atoms. The highest BCUT2D eigenvalue weighted by molar-refractivity contribution is 5.80. The average molecular weight is 230 g/mol. The van der Waals surface area contributed by atoms with Crippen molar-refractivity contribution in [1.29, 1.82) is 0 Å². The fourth-order valence-corrected chi connectivity index (χ4v) is 2.06. The molecule has 0 fully saturated rings. The molecule has 0 atom stereocenters. The van der Waals surface area contributed by atoms with Crippen molar-refractivity contribution in [2.45, 2.75) is 6.42 Å². The third kappa shape index (κ3) is 1.62. The van der Waals surface area contributed by atoms with Gasteiger partial charge in [0, 0.05) is 29.3 Å². The zero-order chi connectivity index (χ0) is 11.8. The van der Waals surface area contributed by atoms with E-state index in [1.165, 1.54) is 12.1 Å². The van der Waals surface area contributed by atoms with Crippen LogP contribution in [-0.4, -0.2) is 16.6 Å². The van der Waals surface area contributed by atoms with Gasteiger partial charge in [0.1, 0.15) is 11.6 Å². The van der Waals surface area contributed by atoms with Crippen molar-refractivity contribution < 1.29 is 9.13 Å². The number of aromatic amines is 1. The first-order valence-electron chi connectivity index (χ1n) is 5.39. The summed E-state index contributed by atoms with van der Waals surface area (Å²) in [5.41, 5.74) is 2.96. The number of nitrogens with zero attached hydrogens (tertiary/aromatic N) is 1. The maximum absolute atomic E-state index is 13.5. The quantitative estimate of drug-likeness (QED) is 0.860. The van der Waals surface area contributed by atoms with E-state index < -0.39 is 0 Å². The van der Waals surface area contributed by atoms with Gasteiger partial charge >= 0.3 is 0 Å². The lowest BCUT2D eigenvalue weighted by atomic mass is 10.0. The van der Waals surface area contributed by atoms with Gasteiger partial charge in [-0.15, -0.1) is 0 Å². The Kier molecular flexibility index (Phi) is 2.21. The number of nitrogens with one attached hydrogen (secondary N) is 1. The Morgan fingerprint density at radius 2 is 2.35 bits per heavy atom. The molecule has 1 aromatic carbocycles. The van der Waals surface area contributed by atoms with Crippen molar-refractivity contribution in [3.8, 4) is 5.75 Å². The smallest absolute Gasteiger partial charge is 0.130 e. The molecule has 3 nitrogen and oxygen atoms in total. The average Bonchev–Trinajstić information content (AvgIpc) is 2.97. The molecule has 0 bridgehead atoms. The summed E-state index contributed by atoms with van der Waals surface area (Å²) in [6, 6.07) is 2.96. The normalized spacial score (nSPS) is 13.2. The van der Waals surface area contributed by atoms with Gasteiger partial charge < -0.3 is 9.72 Å². The maximum atomic E-state index is 13.5. The van der Waals surface area contributed by atoms with Crippen molar-refractivity contribution in [3.63, 3.8) is 0 Å². The number of rotatable bonds is 2. The van der Waals surface area contributed by atoms with Gasteiger partial charge in [0.25, 0.3) is 0 Å². The molecule has 0 unspecified atom stereocenters. The first-order chi connectivity index (χ1) is 8.25. The second kappa shape index (κ2) is 3.73. The van der Waals surface area contributed by atoms with E-state index in [9.17, 15) is 4.39 Å². The van der Waals surface area contributed by atoms with Gasteiger partial charge in [-0.25, -0.2) is 9.37 Å². The largest absolute Gasteiger partial charge is 0.492 e. The predicted molar refractivity (Wildman–Crippen MR) is 62.3 cm³/mol. The van der Waals surface area contributed by atoms with Crippen LogP contribution in [0.25, 0.3) is 5.57 Å². The standard InChI is InChI=1S/C13H11FN2O/c1-8(12-6-15-7-16-12)11-5-10(14)4-9-2-3-17-13(9)11/h4-7H,1-3H2,(H,15,16). The number of fused-ring (bicyclic) bond motifs is 1. The van der Waals surface area contributed by atoms with Crippen LogP contribution in [0.4, 0.5) is 4.39 Å². The third-order valence-corrected chi connectivity index (χ3v) is 2.88. The van der Waals surface area contributed by atoms with Crippen molar-refractivity contribution >= 4 is 5.57 Å². The van der Waals surface area contributed by atoms with Crippen molar-refractivity contribution in [2.75, 3.05) is 6.61 Å². The van der Waals surface area contributed by atoms with E-state index in [0.29, 0.717) is 23.4 Å². The van der Waals surface area contributed by atoms with Gasteiger partial charge in [-0.05, 0) is 12.1 Å². The van der Waals surface area contributed by atoms with Crippen LogP contribution >= 0.6 is 0 Å². The summed E-state index contributed by atoms with van der Waals surface area (Å²) in [6.45, 7) is 4.55. The molecule has 1 N–H and O–H groups in total. The first kappa shape index (κ1) is 10.1. The molecular formula is C13H11FN2O. The van der Waals surface area contributed by atoms with Crippen LogP contribution in [0.3, 0.4) is 0 Å². The summed E-state index contributed by atoms with van der Waals surface area (Å²) in [6.07, 6.45) is 4.05. The van der Waals surface area contributed by atoms with Gasteiger partial charge in [0.15, 0.2) is 0 Å². The second-order valence-electron chi connectivity index (χ2n) is 3.97. The topological polar surface area (TPSA) is 37.9 Å². The van der Waals surface area contributed by atoms with Gasteiger partial charge in [0.2, 0.25) is 0 Å². The van der Waals surface area contributed by atoms with Crippen LogP contribution in [0.2, 0.25) is 0 Å². The summed E-state index contributed by atoms with van der Waals surface area (Å²) >= 11 is 0. The molecule has 1 aliphatic rings. The molecule has 0 radical (unpaired) electrons. The summed E-state index contributed by atoms with van der Waals surface area (Å²) < 4.78 is 19.0. The minimum Gasteiger partial charge on any atom is -0.492 e. The molecule has 2 heterocycles. The molecule has 2 aromatic rings. The van der Waals surface area contributed by atoms with Gasteiger partial charge in [-0.1, -0.05) is 6.58 Å². The molecule has 0 spiro atoms. The van der Waals surface area contributed by atoms with Crippen LogP contribution in [0.5, 0.6) is 5.75 Å². The van der Waals surface area contributed by atoms with Crippen LogP contribution in [0, 0.1) is 5.82 Å². The Bertz CT molecular complexity index is 575. The van der Waals surface area contributed by atoms with Crippen LogP contribution in [0.15, 0.2) is 31.2 Å². The molecule has 0 saturated carbocycles. The van der Waals surface area contributed by atoms with Gasteiger partial charge in [0.05, 0.1) is 18.6 Å². The van der Waals surface area contributed by atoms with Crippen molar-refractivity contribution in [2.24, 2.45) is 0 Å². The van der Waals surface area contributed by atoms with Crippen molar-refractivity contribution in [1.82, 2.24) is 9.97 Å². The molecule has 86 valence electrons. The minimum atomic E-state index is -0.263. The molecule has 3 rings (SSSR count). The molecule has 1 aliphatic heterocycles. The van der Waals surface area contributed by atoms with E-state index >= 15 is 0 Å². The highest BCUT2D eigenvalue weighted by atomic mass is 19.1. The van der Waals surface area contributed by atoms with E-state index in [1.807, 2.05) is 0 Å². The first-order valence-corrected chi connectivity index (χ1v) is 5.39. The van der Waals surface area contributed by atoms with Gasteiger partial charge in [-0.3, -0.25) is 0 Å². The lowest BCUT2D eigenvalue weighted by Gasteiger charge is -2.09. The summed E-state index contributed by atoms with van der Waals surface area (Å²) in [5.74, 6) is 0.473. The Hall–Kier alpha value is -2.10. The number of aromatic nitrogens is 2. The van der Waals surface area contributed by atoms with Crippen LogP contribution < -0.4 is 4.74 Å². The molecule has 1 aromatic heterocycles. The number of benzene rings is 1. The number of H-pyrrole nitrogens is 1. The number of ether oxygens (including phenoxy) is 1. The Labute approximate surface area is 98.0 Å². The lowest BCUT2D eigenvalue weighted by Crippen LogP contribution is -1.94. The Morgan fingerprint density at radius 1 is 1.47 bits per heavy atom. The Balaban J connectivity index is 2.12. The Morgan fingerprint density at radius 3 is 3.12 bits per heavy atom. The zero-order valence-electron chi connectivity index (χ0n) is 9.16. The van der Waals surface area contributed by atoms with E-state index in [0.717, 1.165) is 17.7 Å². The van der Waals surface area contributed by atoms with E-state index in [2.05, 4.69) is 16.5 Å². The van der Waals surface area contributed by atoms with Crippen LogP contribution in [0.1, 0.15) is 16.8 Å². The molecule has 0 amide bonds. The third-order valence-electron chi connectivity index (χ3n) is 2.88. The summed E-state index contributed by atoms with van der Waals surface area (Å²) in [7, 11) is 0. The molecule has 0 saturated heterocycles. The maximum Gasteiger partial charge on any atom is 0.130 e. The fourth-order valence-electron chi connectivity index (χ4n) is 2.06. The predicted octanol–water partition coefficient (Wildman–Crippen LogP) is 2.55. The van der Waals surface area contributed by atoms with Gasteiger partial charge in [-0.2, -0.15) is 0 Å². The fraction of sp³-hybridized carbons (Fsp3) is 0.154. The van der Waals surface area contributed by atoms with E-state index in [-0.39, 0.29) is 5.82 Å². The number of hydrogen-bond acceptors (Lipinski definition) is 2. The van der Waals surface area contributed by atoms with E-state index in [4.69, 9.17) is 4.74 Å². The monoisotopic (exact) mass is 230 g/mol. The SMILES string of the molecule is C=C(c1c[nH]cn1)c1cc(F)cc2c1OCC2. The molecule has 4 heteroatoms. The molecule has 0 aliphatic carbocycles. The van der Waals surface area contributed by atoms with E-state index in [1.54, 1.807) is 12.5 Å².